The number of carbonyl (C=O) groups is 1. The van der Waals surface area contributed by atoms with Crippen molar-refractivity contribution in [2.75, 3.05) is 6.61 Å². The predicted molar refractivity (Wildman–Crippen MR) is 102 cm³/mol. The summed E-state index contributed by atoms with van der Waals surface area (Å²) in [4.78, 5) is 11.9. The molecule has 0 spiro atoms. The van der Waals surface area contributed by atoms with E-state index in [0.717, 1.165) is 12.1 Å². The molecule has 1 heterocycles. The van der Waals surface area contributed by atoms with E-state index in [9.17, 15) is 22.4 Å². The second kappa shape index (κ2) is 8.56. The Hall–Kier alpha value is -3.36. The van der Waals surface area contributed by atoms with Gasteiger partial charge in [-0.1, -0.05) is 12.1 Å². The van der Waals surface area contributed by atoms with Crippen molar-refractivity contribution in [2.45, 2.75) is 26.6 Å². The van der Waals surface area contributed by atoms with Crippen LogP contribution in [0.2, 0.25) is 0 Å². The lowest BCUT2D eigenvalue weighted by atomic mass is 10.1. The third-order valence-electron chi connectivity index (χ3n) is 4.30. The van der Waals surface area contributed by atoms with Gasteiger partial charge in [-0.15, -0.1) is 0 Å². The van der Waals surface area contributed by atoms with E-state index in [2.05, 4.69) is 10.4 Å². The molecule has 3 rings (SSSR count). The average molecular weight is 421 g/mol. The second-order valence-electron chi connectivity index (χ2n) is 6.70. The van der Waals surface area contributed by atoms with Gasteiger partial charge in [0.15, 0.2) is 6.61 Å². The van der Waals surface area contributed by atoms with Gasteiger partial charge in [0, 0.05) is 18.3 Å². The van der Waals surface area contributed by atoms with Crippen LogP contribution in [0.25, 0.3) is 5.69 Å². The fourth-order valence-corrected chi connectivity index (χ4v) is 2.96. The number of hydrogen-bond donors (Lipinski definition) is 1. The molecule has 0 unspecified atom stereocenters. The molecule has 5 nitrogen and oxygen atoms in total. The third-order valence-corrected chi connectivity index (χ3v) is 4.30. The van der Waals surface area contributed by atoms with Gasteiger partial charge in [-0.3, -0.25) is 4.79 Å². The van der Waals surface area contributed by atoms with Crippen molar-refractivity contribution < 1.29 is 27.1 Å². The van der Waals surface area contributed by atoms with Crippen LogP contribution in [-0.4, -0.2) is 22.3 Å². The Morgan fingerprint density at radius 2 is 1.90 bits per heavy atom. The minimum atomic E-state index is -4.61. The summed E-state index contributed by atoms with van der Waals surface area (Å²) in [5, 5.41) is 6.59. The highest BCUT2D eigenvalue weighted by Gasteiger charge is 2.34. The third kappa shape index (κ3) is 5.16. The molecule has 0 bridgehead atoms. The van der Waals surface area contributed by atoms with E-state index in [1.165, 1.54) is 35.0 Å². The van der Waals surface area contributed by atoms with Crippen LogP contribution in [0.4, 0.5) is 17.6 Å². The van der Waals surface area contributed by atoms with E-state index in [4.69, 9.17) is 4.74 Å². The zero-order valence-electron chi connectivity index (χ0n) is 16.3. The summed E-state index contributed by atoms with van der Waals surface area (Å²) in [5.41, 5.74) is 0.718. The van der Waals surface area contributed by atoms with Crippen LogP contribution in [0.5, 0.6) is 5.75 Å². The lowest BCUT2D eigenvalue weighted by Gasteiger charge is -2.16. The minimum absolute atomic E-state index is 0.0908. The number of aryl methyl sites for hydroxylation is 2. The van der Waals surface area contributed by atoms with E-state index in [0.29, 0.717) is 11.4 Å². The molecule has 0 aliphatic heterocycles. The van der Waals surface area contributed by atoms with Crippen LogP contribution in [0.15, 0.2) is 48.5 Å². The number of benzene rings is 2. The Bertz CT molecular complexity index is 1060. The molecule has 2 aromatic carbocycles. The maximum atomic E-state index is 13.6. The molecule has 0 saturated carbocycles. The van der Waals surface area contributed by atoms with Crippen LogP contribution in [-0.2, 0) is 17.5 Å². The highest BCUT2D eigenvalue weighted by atomic mass is 19.4. The van der Waals surface area contributed by atoms with Crippen LogP contribution >= 0.6 is 0 Å². The predicted octanol–water partition coefficient (Wildman–Crippen LogP) is 4.34. The normalized spacial score (nSPS) is 11.4. The van der Waals surface area contributed by atoms with Gasteiger partial charge in [-0.05, 0) is 49.7 Å². The summed E-state index contributed by atoms with van der Waals surface area (Å²) in [6, 6.07) is 10.8. The Labute approximate surface area is 170 Å². The first kappa shape index (κ1) is 21.4. The summed E-state index contributed by atoms with van der Waals surface area (Å²) in [6.07, 6.45) is -4.61. The molecule has 158 valence electrons. The van der Waals surface area contributed by atoms with E-state index in [1.807, 2.05) is 0 Å². The molecule has 0 aliphatic carbocycles. The molecule has 1 amide bonds. The minimum Gasteiger partial charge on any atom is -0.484 e. The largest absolute Gasteiger partial charge is 0.484 e. The maximum Gasteiger partial charge on any atom is 0.416 e. The highest BCUT2D eigenvalue weighted by molar-refractivity contribution is 5.77. The van der Waals surface area contributed by atoms with Crippen molar-refractivity contribution in [1.29, 1.82) is 0 Å². The summed E-state index contributed by atoms with van der Waals surface area (Å²) in [5.74, 6) is -1.00. The van der Waals surface area contributed by atoms with Crippen molar-refractivity contribution >= 4 is 5.91 Å². The Morgan fingerprint density at radius 3 is 2.53 bits per heavy atom. The molecule has 0 atom stereocenters. The van der Waals surface area contributed by atoms with Gasteiger partial charge in [0.1, 0.15) is 11.6 Å². The first-order valence-electron chi connectivity index (χ1n) is 9.02. The van der Waals surface area contributed by atoms with Gasteiger partial charge >= 0.3 is 6.18 Å². The number of rotatable bonds is 6. The average Bonchev–Trinajstić information content (AvgIpc) is 3.02. The van der Waals surface area contributed by atoms with E-state index in [1.54, 1.807) is 19.9 Å². The fraction of sp³-hybridized carbons (Fsp3) is 0.238. The van der Waals surface area contributed by atoms with Crippen LogP contribution in [0.1, 0.15) is 22.5 Å². The number of halogens is 4. The van der Waals surface area contributed by atoms with Crippen molar-refractivity contribution in [3.05, 3.63) is 76.9 Å². The van der Waals surface area contributed by atoms with E-state index in [-0.39, 0.29) is 23.5 Å². The van der Waals surface area contributed by atoms with Crippen LogP contribution in [0, 0.1) is 19.7 Å². The molecule has 0 radical (unpaired) electrons. The molecular weight excluding hydrogens is 402 g/mol. The number of carbonyl (C=O) groups excluding carboxylic acids is 1. The monoisotopic (exact) mass is 421 g/mol. The Morgan fingerprint density at radius 1 is 1.13 bits per heavy atom. The highest BCUT2D eigenvalue weighted by Crippen LogP contribution is 2.33. The van der Waals surface area contributed by atoms with Gasteiger partial charge < -0.3 is 10.1 Å². The zero-order chi connectivity index (χ0) is 21.9. The van der Waals surface area contributed by atoms with Crippen molar-refractivity contribution in [3.8, 4) is 11.4 Å². The maximum absolute atomic E-state index is 13.6. The fourth-order valence-electron chi connectivity index (χ4n) is 2.96. The summed E-state index contributed by atoms with van der Waals surface area (Å²) in [6.45, 7) is 2.72. The topological polar surface area (TPSA) is 56.2 Å². The molecule has 0 saturated heterocycles. The quantitative estimate of drug-likeness (QED) is 0.603. The molecule has 9 heteroatoms. The van der Waals surface area contributed by atoms with E-state index < -0.39 is 30.1 Å². The van der Waals surface area contributed by atoms with Crippen molar-refractivity contribution in [3.63, 3.8) is 0 Å². The lowest BCUT2D eigenvalue weighted by molar-refractivity contribution is -0.138. The van der Waals surface area contributed by atoms with Crippen molar-refractivity contribution in [1.82, 2.24) is 15.1 Å². The SMILES string of the molecule is Cc1cc(C)n(-c2ccc(CNC(=O)COc3cccc(F)c3)c(C(F)(F)F)c2)n1. The summed E-state index contributed by atoms with van der Waals surface area (Å²) >= 11 is 0. The number of nitrogens with zero attached hydrogens (tertiary/aromatic N) is 2. The van der Waals surface area contributed by atoms with Crippen molar-refractivity contribution in [2.24, 2.45) is 0 Å². The van der Waals surface area contributed by atoms with Gasteiger partial charge in [0.05, 0.1) is 16.9 Å². The number of aromatic nitrogens is 2. The number of ether oxygens (including phenoxy) is 1. The second-order valence-corrected chi connectivity index (χ2v) is 6.70. The zero-order valence-corrected chi connectivity index (χ0v) is 16.3. The summed E-state index contributed by atoms with van der Waals surface area (Å²) in [7, 11) is 0. The van der Waals surface area contributed by atoms with Crippen LogP contribution < -0.4 is 10.1 Å². The molecule has 3 aromatic rings. The number of nitrogens with one attached hydrogen (secondary N) is 1. The van der Waals surface area contributed by atoms with Gasteiger partial charge in [-0.25, -0.2) is 9.07 Å². The molecule has 1 N–H and O–H groups in total. The molecule has 1 aromatic heterocycles. The number of hydrogen-bond acceptors (Lipinski definition) is 3. The van der Waals surface area contributed by atoms with Gasteiger partial charge in [-0.2, -0.15) is 18.3 Å². The molecular formula is C21H19F4N3O2. The molecule has 30 heavy (non-hydrogen) atoms. The Balaban J connectivity index is 1.72. The van der Waals surface area contributed by atoms with Crippen LogP contribution in [0.3, 0.4) is 0 Å². The summed E-state index contributed by atoms with van der Waals surface area (Å²) < 4.78 is 60.4. The number of alkyl halides is 3. The number of amides is 1. The van der Waals surface area contributed by atoms with Gasteiger partial charge in [0.2, 0.25) is 0 Å². The standard InChI is InChI=1S/C21H19F4N3O2/c1-13-8-14(2)28(27-13)17-7-6-15(19(10-17)21(23,24)25)11-26-20(29)12-30-18-5-3-4-16(22)9-18/h3-10H,11-12H2,1-2H3,(H,26,29). The molecule has 0 aliphatic rings. The molecule has 0 fully saturated rings. The first-order chi connectivity index (χ1) is 14.1. The Kier molecular flexibility index (Phi) is 6.09. The smallest absolute Gasteiger partial charge is 0.416 e. The first-order valence-corrected chi connectivity index (χ1v) is 9.02. The van der Waals surface area contributed by atoms with Gasteiger partial charge in [0.25, 0.3) is 5.91 Å². The lowest BCUT2D eigenvalue weighted by Crippen LogP contribution is -2.29. The van der Waals surface area contributed by atoms with E-state index >= 15 is 0 Å².